The first-order chi connectivity index (χ1) is 14.5. The summed E-state index contributed by atoms with van der Waals surface area (Å²) in [5.41, 5.74) is 2.59. The van der Waals surface area contributed by atoms with E-state index >= 15 is 0 Å². The van der Waals surface area contributed by atoms with E-state index in [-0.39, 0.29) is 0 Å². The van der Waals surface area contributed by atoms with Gasteiger partial charge in [-0.2, -0.15) is 0 Å². The number of aromatic amines is 1. The zero-order valence-corrected chi connectivity index (χ0v) is 17.6. The number of H-pyrrole nitrogens is 1. The van der Waals surface area contributed by atoms with Gasteiger partial charge in [0.25, 0.3) is 0 Å². The van der Waals surface area contributed by atoms with Crippen LogP contribution in [0, 0.1) is 5.82 Å². The number of hydrogen-bond donors (Lipinski definition) is 2. The van der Waals surface area contributed by atoms with Gasteiger partial charge in [0.05, 0.1) is 24.7 Å². The number of nitrogens with one attached hydrogen (secondary N) is 2. The minimum absolute atomic E-state index is 0.319. The Hall–Kier alpha value is -3.20. The fraction of sp³-hybridized carbons (Fsp3) is 0.190. The van der Waals surface area contributed by atoms with E-state index in [0.717, 1.165) is 5.69 Å². The fourth-order valence-corrected chi connectivity index (χ4v) is 3.90. The lowest BCUT2D eigenvalue weighted by Gasteiger charge is -2.35. The van der Waals surface area contributed by atoms with Crippen LogP contribution in [0.5, 0.6) is 0 Å². The number of carbonyl (C=O) groups is 2. The number of carbonyl (C=O) groups excluding carboxylic acids is 2. The van der Waals surface area contributed by atoms with Crippen molar-refractivity contribution >= 4 is 33.6 Å². The Morgan fingerprint density at radius 3 is 2.90 bits per heavy atom. The molecule has 0 saturated carbocycles. The highest BCUT2D eigenvalue weighted by molar-refractivity contribution is 9.10. The van der Waals surface area contributed by atoms with Gasteiger partial charge in [-0.05, 0) is 30.3 Å². The molecule has 0 saturated heterocycles. The molecule has 0 unspecified atom stereocenters. The van der Waals surface area contributed by atoms with Gasteiger partial charge in [-0.1, -0.05) is 28.1 Å². The van der Waals surface area contributed by atoms with Crippen LogP contribution in [0.4, 0.5) is 14.9 Å². The van der Waals surface area contributed by atoms with Gasteiger partial charge in [0.2, 0.25) is 0 Å². The number of benzene rings is 2. The molecule has 0 radical (unpaired) electrons. The predicted octanol–water partition coefficient (Wildman–Crippen LogP) is 4.28. The normalized spacial score (nSPS) is 15.4. The van der Waals surface area contributed by atoms with E-state index in [0.29, 0.717) is 39.9 Å². The van der Waals surface area contributed by atoms with Gasteiger partial charge in [-0.25, -0.2) is 19.0 Å². The molecular weight excluding hydrogens is 455 g/mol. The summed E-state index contributed by atoms with van der Waals surface area (Å²) >= 11 is 3.26. The number of ether oxygens (including phenoxy) is 1. The molecule has 1 atom stereocenters. The number of anilines is 1. The molecule has 2 heterocycles. The van der Waals surface area contributed by atoms with Gasteiger partial charge in [0, 0.05) is 34.4 Å². The maximum Gasteiger partial charge on any atom is 0.337 e. The van der Waals surface area contributed by atoms with Gasteiger partial charge in [-0.15, -0.1) is 0 Å². The first-order valence-electron chi connectivity index (χ1n) is 9.21. The Bertz CT molecular complexity index is 1120. The van der Waals surface area contributed by atoms with Gasteiger partial charge in [0.15, 0.2) is 0 Å². The van der Waals surface area contributed by atoms with E-state index in [2.05, 4.69) is 31.2 Å². The predicted molar refractivity (Wildman–Crippen MR) is 112 cm³/mol. The first kappa shape index (κ1) is 20.1. The highest BCUT2D eigenvalue weighted by atomic mass is 79.9. The second-order valence-corrected chi connectivity index (χ2v) is 7.70. The third-order valence-corrected chi connectivity index (χ3v) is 5.47. The first-order valence-corrected chi connectivity index (χ1v) is 10.0. The molecular formula is C21H18BrFN4O3. The Morgan fingerprint density at radius 2 is 2.13 bits per heavy atom. The van der Waals surface area contributed by atoms with Crippen LogP contribution in [0.3, 0.4) is 0 Å². The van der Waals surface area contributed by atoms with E-state index in [1.54, 1.807) is 41.6 Å². The van der Waals surface area contributed by atoms with Crippen LogP contribution < -0.4 is 5.32 Å². The van der Waals surface area contributed by atoms with Gasteiger partial charge >= 0.3 is 12.0 Å². The van der Waals surface area contributed by atoms with Crippen LogP contribution in [0.1, 0.15) is 33.4 Å². The Balaban J connectivity index is 1.67. The van der Waals surface area contributed by atoms with Gasteiger partial charge in [-0.3, -0.25) is 0 Å². The molecule has 3 aromatic rings. The smallest absolute Gasteiger partial charge is 0.337 e. The lowest BCUT2D eigenvalue weighted by molar-refractivity contribution is 0.0600. The average Bonchev–Trinajstić information content (AvgIpc) is 3.22. The van der Waals surface area contributed by atoms with Crippen molar-refractivity contribution in [3.63, 3.8) is 0 Å². The Morgan fingerprint density at radius 1 is 1.30 bits per heavy atom. The van der Waals surface area contributed by atoms with Gasteiger partial charge < -0.3 is 19.9 Å². The molecule has 0 spiro atoms. The minimum atomic E-state index is -0.683. The number of nitrogens with zero attached hydrogens (tertiary/aromatic N) is 2. The van der Waals surface area contributed by atoms with Crippen LogP contribution in [-0.4, -0.2) is 40.5 Å². The molecule has 0 fully saturated rings. The number of imidazole rings is 1. The molecule has 154 valence electrons. The number of aromatic nitrogens is 2. The molecule has 0 aliphatic carbocycles. The number of hydrogen-bond acceptors (Lipinski definition) is 4. The summed E-state index contributed by atoms with van der Waals surface area (Å²) in [5.74, 6) is -0.934. The summed E-state index contributed by atoms with van der Waals surface area (Å²) < 4.78 is 20.1. The molecule has 9 heteroatoms. The molecule has 2 aromatic carbocycles. The fourth-order valence-electron chi connectivity index (χ4n) is 3.57. The summed E-state index contributed by atoms with van der Waals surface area (Å²) in [7, 11) is 1.29. The van der Waals surface area contributed by atoms with Crippen molar-refractivity contribution in [1.29, 1.82) is 0 Å². The topological polar surface area (TPSA) is 87.3 Å². The Kier molecular flexibility index (Phi) is 5.54. The van der Waals surface area contributed by atoms with Crippen LogP contribution >= 0.6 is 15.9 Å². The minimum Gasteiger partial charge on any atom is -0.465 e. The van der Waals surface area contributed by atoms with Crippen LogP contribution in [0.15, 0.2) is 53.3 Å². The summed E-state index contributed by atoms with van der Waals surface area (Å²) in [6, 6.07) is 10.1. The summed E-state index contributed by atoms with van der Waals surface area (Å²) in [6.45, 7) is 0.373. The molecule has 2 amide bonds. The number of amides is 2. The molecule has 1 aliphatic heterocycles. The zero-order chi connectivity index (χ0) is 21.3. The lowest BCUT2D eigenvalue weighted by Crippen LogP contribution is -2.43. The lowest BCUT2D eigenvalue weighted by atomic mass is 9.95. The zero-order valence-electron chi connectivity index (χ0n) is 16.0. The van der Waals surface area contributed by atoms with E-state index in [9.17, 15) is 14.0 Å². The second kappa shape index (κ2) is 8.27. The maximum absolute atomic E-state index is 14.8. The average molecular weight is 473 g/mol. The van der Waals surface area contributed by atoms with Crippen LogP contribution in [0.25, 0.3) is 0 Å². The third-order valence-electron chi connectivity index (χ3n) is 4.98. The number of halogens is 2. The number of fused-ring (bicyclic) bond motifs is 1. The summed E-state index contributed by atoms with van der Waals surface area (Å²) in [6.07, 6.45) is 2.12. The van der Waals surface area contributed by atoms with Crippen molar-refractivity contribution in [3.8, 4) is 0 Å². The molecule has 2 N–H and O–H groups in total. The van der Waals surface area contributed by atoms with Crippen molar-refractivity contribution < 1.29 is 18.7 Å². The van der Waals surface area contributed by atoms with Crippen molar-refractivity contribution in [2.24, 2.45) is 0 Å². The van der Waals surface area contributed by atoms with E-state index in [1.807, 2.05) is 0 Å². The van der Waals surface area contributed by atoms with Crippen molar-refractivity contribution in [2.45, 2.75) is 12.5 Å². The standard InChI is InChI=1S/C21H18BrFN4O3/c1-30-20(28)12-3-2-4-14(9-12)26-21(29)27-8-7-17-18(25-11-24-17)19(27)15-6-5-13(22)10-16(15)23/h2-6,9-11,19H,7-8H2,1H3,(H,24,25)(H,26,29)/t19-/m1/s1. The molecule has 7 nitrogen and oxygen atoms in total. The van der Waals surface area contributed by atoms with Crippen molar-refractivity contribution in [2.75, 3.05) is 19.0 Å². The highest BCUT2D eigenvalue weighted by Gasteiger charge is 2.35. The Labute approximate surface area is 180 Å². The largest absolute Gasteiger partial charge is 0.465 e. The highest BCUT2D eigenvalue weighted by Crippen LogP contribution is 2.35. The van der Waals surface area contributed by atoms with E-state index < -0.39 is 23.9 Å². The van der Waals surface area contributed by atoms with E-state index in [1.165, 1.54) is 19.2 Å². The number of urea groups is 1. The van der Waals surface area contributed by atoms with Crippen molar-refractivity contribution in [3.05, 3.63) is 81.6 Å². The second-order valence-electron chi connectivity index (χ2n) is 6.78. The molecule has 4 rings (SSSR count). The molecule has 1 aliphatic rings. The number of rotatable bonds is 3. The van der Waals surface area contributed by atoms with Crippen LogP contribution in [0.2, 0.25) is 0 Å². The summed E-state index contributed by atoms with van der Waals surface area (Å²) in [5, 5.41) is 2.79. The number of esters is 1. The quantitative estimate of drug-likeness (QED) is 0.557. The van der Waals surface area contributed by atoms with Crippen molar-refractivity contribution in [1.82, 2.24) is 14.9 Å². The molecule has 1 aromatic heterocycles. The maximum atomic E-state index is 14.8. The SMILES string of the molecule is COC(=O)c1cccc(NC(=O)N2CCc3[nH]cnc3[C@H]2c2ccc(Br)cc2F)c1. The van der Waals surface area contributed by atoms with E-state index in [4.69, 9.17) is 4.74 Å². The summed E-state index contributed by atoms with van der Waals surface area (Å²) in [4.78, 5) is 33.9. The van der Waals surface area contributed by atoms with Crippen LogP contribution in [-0.2, 0) is 11.2 Å². The monoisotopic (exact) mass is 472 g/mol. The molecule has 0 bridgehead atoms. The third kappa shape index (κ3) is 3.80. The number of methoxy groups -OCH3 is 1. The molecule has 30 heavy (non-hydrogen) atoms. The van der Waals surface area contributed by atoms with Gasteiger partial charge in [0.1, 0.15) is 11.9 Å².